The quantitative estimate of drug-likeness (QED) is 0.133. The number of rotatable bonds is 7. The Balaban J connectivity index is 0.00000300. The molecule has 29 heavy (non-hydrogen) atoms. The maximum atomic E-state index is 12.5. The normalized spacial score (nSPS) is 20.9. The molecule has 0 bridgehead atoms. The standard InChI is InChI=1S/C13H11FN6O6S2.Na/c14-3-26-18-5(8-17-13(15)28-19-8)9(22)16-6-10(23)20-7(12(24)25)4(1-21)2-27-11(6)20;/h1,6,11H,2-3H2,(H,16,22)(H,24,25)(H2,15,17,19);/q;+1/p-1/b18-5-;. The van der Waals surface area contributed by atoms with Gasteiger partial charge >= 0.3 is 29.6 Å². The second kappa shape index (κ2) is 9.62. The molecule has 2 aliphatic heterocycles. The molecule has 3 N–H and O–H groups in total. The zero-order valence-corrected chi connectivity index (χ0v) is 18.3. The van der Waals surface area contributed by atoms with Gasteiger partial charge in [0.15, 0.2) is 5.13 Å². The molecule has 12 nitrogen and oxygen atoms in total. The average molecular weight is 452 g/mol. The van der Waals surface area contributed by atoms with E-state index in [1.54, 1.807) is 0 Å². The summed E-state index contributed by atoms with van der Waals surface area (Å²) in [6, 6.07) is -1.12. The molecule has 3 heterocycles. The van der Waals surface area contributed by atoms with Gasteiger partial charge in [-0.15, -0.1) is 11.8 Å². The van der Waals surface area contributed by atoms with E-state index in [-0.39, 0.29) is 51.8 Å². The number of carboxylic acid groups (broad SMARTS) is 1. The van der Waals surface area contributed by atoms with Crippen LogP contribution in [0.25, 0.3) is 0 Å². The number of amides is 2. The maximum absolute atomic E-state index is 12.5. The van der Waals surface area contributed by atoms with E-state index >= 15 is 0 Å². The Kier molecular flexibility index (Phi) is 7.70. The third-order valence-electron chi connectivity index (χ3n) is 3.69. The largest absolute Gasteiger partial charge is 1.00 e. The summed E-state index contributed by atoms with van der Waals surface area (Å²) < 4.78 is 16.0. The summed E-state index contributed by atoms with van der Waals surface area (Å²) in [6.45, 7) is -1.32. The molecule has 148 valence electrons. The molecule has 0 radical (unpaired) electrons. The van der Waals surface area contributed by atoms with Gasteiger partial charge in [-0.2, -0.15) is 9.36 Å². The van der Waals surface area contributed by atoms with E-state index in [0.29, 0.717) is 6.29 Å². The van der Waals surface area contributed by atoms with Crippen LogP contribution in [0.15, 0.2) is 16.4 Å². The SMILES string of the molecule is Nc1nc(/C(=N/OCF)C(=O)NC2C(=O)N3C(C(=O)[O-])=C(C=O)CSC23)ns1.[Na+]. The molecule has 1 fully saturated rings. The van der Waals surface area contributed by atoms with Gasteiger partial charge in [0, 0.05) is 22.9 Å². The minimum absolute atomic E-state index is 0. The second-order valence-electron chi connectivity index (χ2n) is 5.27. The van der Waals surface area contributed by atoms with Gasteiger partial charge in [0.2, 0.25) is 11.5 Å². The first-order valence-electron chi connectivity index (χ1n) is 7.39. The van der Waals surface area contributed by atoms with Gasteiger partial charge in [0.05, 0.1) is 11.7 Å². The maximum Gasteiger partial charge on any atom is 1.00 e. The minimum Gasteiger partial charge on any atom is -0.543 e. The van der Waals surface area contributed by atoms with Crippen molar-refractivity contribution in [2.45, 2.75) is 11.4 Å². The number of anilines is 1. The molecule has 16 heteroatoms. The molecule has 1 aromatic rings. The van der Waals surface area contributed by atoms with Crippen molar-refractivity contribution in [3.63, 3.8) is 0 Å². The van der Waals surface area contributed by atoms with Crippen LogP contribution in [-0.4, -0.2) is 68.1 Å². The number of nitrogens with two attached hydrogens (primary N) is 1. The fourth-order valence-corrected chi connectivity index (χ4v) is 4.26. The van der Waals surface area contributed by atoms with Gasteiger partial charge in [-0.05, 0) is 0 Å². The fraction of sp³-hybridized carbons (Fsp3) is 0.308. The van der Waals surface area contributed by atoms with Crippen LogP contribution >= 0.6 is 23.3 Å². The predicted molar refractivity (Wildman–Crippen MR) is 91.0 cm³/mol. The Morgan fingerprint density at radius 3 is 2.79 bits per heavy atom. The van der Waals surface area contributed by atoms with Gasteiger partial charge in [-0.25, -0.2) is 4.39 Å². The van der Waals surface area contributed by atoms with Crippen molar-refractivity contribution < 1.29 is 63.1 Å². The van der Waals surface area contributed by atoms with Crippen LogP contribution in [0.5, 0.6) is 0 Å². The number of nitrogens with zero attached hydrogens (tertiary/aromatic N) is 4. The third-order valence-corrected chi connectivity index (χ3v) is 5.54. The van der Waals surface area contributed by atoms with Gasteiger partial charge in [-0.3, -0.25) is 19.3 Å². The predicted octanol–water partition coefficient (Wildman–Crippen LogP) is -5.63. The van der Waals surface area contributed by atoms with E-state index in [2.05, 4.69) is 24.7 Å². The van der Waals surface area contributed by atoms with Crippen LogP contribution in [0.4, 0.5) is 9.52 Å². The summed E-state index contributed by atoms with van der Waals surface area (Å²) in [5, 5.41) is 16.2. The van der Waals surface area contributed by atoms with E-state index in [1.165, 1.54) is 0 Å². The minimum atomic E-state index is -1.67. The average Bonchev–Trinajstić information content (AvgIpc) is 3.10. The number of nitrogen functional groups attached to an aromatic ring is 1. The van der Waals surface area contributed by atoms with E-state index in [1.807, 2.05) is 0 Å². The number of hydrogen-bond donors (Lipinski definition) is 2. The number of β-lactam (4-membered cyclic amide) rings is 1. The summed E-state index contributed by atoms with van der Waals surface area (Å²) in [5.41, 5.74) is 4.31. The molecular weight excluding hydrogens is 442 g/mol. The van der Waals surface area contributed by atoms with Crippen molar-refractivity contribution in [1.82, 2.24) is 19.6 Å². The van der Waals surface area contributed by atoms with Gasteiger partial charge in [0.25, 0.3) is 18.7 Å². The topological polar surface area (TPSA) is 180 Å². The number of hydrogen-bond acceptors (Lipinski definition) is 12. The number of thioether (sulfide) groups is 1. The van der Waals surface area contributed by atoms with Gasteiger partial charge in [0.1, 0.15) is 17.7 Å². The van der Waals surface area contributed by atoms with Crippen LogP contribution in [0, 0.1) is 0 Å². The van der Waals surface area contributed by atoms with Crippen molar-refractivity contribution >= 4 is 58.2 Å². The van der Waals surface area contributed by atoms with Crippen molar-refractivity contribution in [2.24, 2.45) is 5.16 Å². The number of aromatic nitrogens is 2. The Bertz CT molecular complexity index is 923. The van der Waals surface area contributed by atoms with E-state index < -0.39 is 47.5 Å². The summed E-state index contributed by atoms with van der Waals surface area (Å²) >= 11 is 1.84. The number of carbonyl (C=O) groups excluding carboxylic acids is 4. The van der Waals surface area contributed by atoms with Crippen LogP contribution in [0.3, 0.4) is 0 Å². The number of nitrogens with one attached hydrogen (secondary N) is 1. The summed E-state index contributed by atoms with van der Waals surface area (Å²) in [5.74, 6) is -3.60. The van der Waals surface area contributed by atoms with Crippen LogP contribution in [-0.2, 0) is 24.0 Å². The molecule has 2 aliphatic rings. The number of fused-ring (bicyclic) bond motifs is 1. The Morgan fingerprint density at radius 1 is 1.52 bits per heavy atom. The van der Waals surface area contributed by atoms with Crippen LogP contribution in [0.1, 0.15) is 5.82 Å². The summed E-state index contributed by atoms with van der Waals surface area (Å²) in [4.78, 5) is 56.0. The Hall–Kier alpha value is -2.07. The fourth-order valence-electron chi connectivity index (χ4n) is 2.54. The monoisotopic (exact) mass is 452 g/mol. The number of aliphatic carboxylic acids is 1. The third kappa shape index (κ3) is 4.42. The molecule has 2 unspecified atom stereocenters. The number of alkyl halides is 1. The summed E-state index contributed by atoms with van der Waals surface area (Å²) in [7, 11) is 0. The Labute approximate surface area is 192 Å². The zero-order valence-electron chi connectivity index (χ0n) is 14.7. The molecular formula is C13H10FN6NaO6S2. The molecule has 3 rings (SSSR count). The van der Waals surface area contributed by atoms with Crippen molar-refractivity contribution in [1.29, 1.82) is 0 Å². The number of oxime groups is 1. The molecule has 0 saturated carbocycles. The first kappa shape index (κ1) is 23.2. The molecule has 0 aromatic carbocycles. The first-order valence-corrected chi connectivity index (χ1v) is 9.22. The molecule has 0 spiro atoms. The van der Waals surface area contributed by atoms with Gasteiger partial charge < -0.3 is 25.8 Å². The smallest absolute Gasteiger partial charge is 0.543 e. The van der Waals surface area contributed by atoms with Crippen LogP contribution < -0.4 is 45.7 Å². The first-order chi connectivity index (χ1) is 13.4. The van der Waals surface area contributed by atoms with Crippen molar-refractivity contribution in [3.8, 4) is 0 Å². The van der Waals surface area contributed by atoms with Crippen molar-refractivity contribution in [3.05, 3.63) is 17.1 Å². The van der Waals surface area contributed by atoms with E-state index in [4.69, 9.17) is 5.73 Å². The number of halogens is 1. The number of aldehydes is 1. The van der Waals surface area contributed by atoms with Gasteiger partial charge in [-0.1, -0.05) is 5.16 Å². The zero-order chi connectivity index (χ0) is 20.4. The molecule has 1 saturated heterocycles. The van der Waals surface area contributed by atoms with Crippen molar-refractivity contribution in [2.75, 3.05) is 18.3 Å². The molecule has 2 amide bonds. The second-order valence-corrected chi connectivity index (χ2v) is 7.16. The van der Waals surface area contributed by atoms with E-state index in [0.717, 1.165) is 28.2 Å². The van der Waals surface area contributed by atoms with E-state index in [9.17, 15) is 28.7 Å². The van der Waals surface area contributed by atoms with Crippen LogP contribution in [0.2, 0.25) is 0 Å². The molecule has 1 aromatic heterocycles. The Morgan fingerprint density at radius 2 is 2.24 bits per heavy atom. The summed E-state index contributed by atoms with van der Waals surface area (Å²) in [6.07, 6.45) is 0.338. The number of carboxylic acids is 1. The molecule has 2 atom stereocenters. The molecule has 0 aliphatic carbocycles. The number of carbonyl (C=O) groups is 4.